The van der Waals surface area contributed by atoms with Gasteiger partial charge in [-0.25, -0.2) is 0 Å². The van der Waals surface area contributed by atoms with Gasteiger partial charge in [0.1, 0.15) is 0 Å². The van der Waals surface area contributed by atoms with Crippen LogP contribution in [0, 0.1) is 0 Å². The molecule has 6 aromatic rings. The van der Waals surface area contributed by atoms with Crippen LogP contribution in [0.5, 0.6) is 0 Å². The molecule has 1 aliphatic heterocycles. The van der Waals surface area contributed by atoms with Crippen molar-refractivity contribution >= 4 is 49.9 Å². The van der Waals surface area contributed by atoms with Crippen LogP contribution < -0.4 is 10.5 Å². The minimum atomic E-state index is 0.866. The van der Waals surface area contributed by atoms with E-state index in [4.69, 9.17) is 0 Å². The van der Waals surface area contributed by atoms with Gasteiger partial charge < -0.3 is 9.72 Å². The zero-order valence-electron chi connectivity index (χ0n) is 17.0. The van der Waals surface area contributed by atoms with E-state index in [1.807, 2.05) is 0 Å². The van der Waals surface area contributed by atoms with Gasteiger partial charge in [0, 0.05) is 33.8 Å². The molecule has 0 atom stereocenters. The van der Waals surface area contributed by atoms with Crippen molar-refractivity contribution < 1.29 is 0 Å². The van der Waals surface area contributed by atoms with Gasteiger partial charge in [-0.15, -0.1) is 0 Å². The fourth-order valence-corrected chi connectivity index (χ4v) is 5.39. The molecule has 7 rings (SSSR count). The highest BCUT2D eigenvalue weighted by atomic mass is 14.9. The zero-order chi connectivity index (χ0) is 20.5. The summed E-state index contributed by atoms with van der Waals surface area (Å²) >= 11 is 0. The third-order valence-corrected chi connectivity index (χ3v) is 6.68. The van der Waals surface area contributed by atoms with Crippen molar-refractivity contribution in [1.29, 1.82) is 0 Å². The predicted octanol–water partition coefficient (Wildman–Crippen LogP) is 6.43. The van der Waals surface area contributed by atoms with Crippen LogP contribution in [0.15, 0.2) is 97.2 Å². The normalized spacial score (nSPS) is 14.7. The van der Waals surface area contributed by atoms with Gasteiger partial charge in [-0.05, 0) is 46.2 Å². The van der Waals surface area contributed by atoms with Crippen LogP contribution in [-0.2, 0) is 6.42 Å². The van der Waals surface area contributed by atoms with E-state index in [1.165, 1.54) is 54.4 Å². The van der Waals surface area contributed by atoms with Crippen molar-refractivity contribution in [1.82, 2.24) is 4.40 Å². The van der Waals surface area contributed by atoms with E-state index < -0.39 is 0 Å². The molecule has 0 bridgehead atoms. The van der Waals surface area contributed by atoms with Crippen LogP contribution in [0.25, 0.3) is 44.2 Å². The maximum Gasteiger partial charge on any atom is 0.0584 e. The van der Waals surface area contributed by atoms with Crippen LogP contribution in [0.4, 0.5) is 5.69 Å². The minimum absolute atomic E-state index is 0.866. The molecule has 146 valence electrons. The summed E-state index contributed by atoms with van der Waals surface area (Å²) in [6.07, 6.45) is 3.08. The maximum atomic E-state index is 4.36. The molecule has 0 spiro atoms. The van der Waals surface area contributed by atoms with Crippen molar-refractivity contribution in [2.45, 2.75) is 6.42 Å². The Morgan fingerprint density at radius 3 is 2.19 bits per heavy atom. The number of allylic oxidation sites excluding steroid dienone is 1. The molecule has 0 unspecified atom stereocenters. The average Bonchev–Trinajstić information content (AvgIpc) is 3.30. The maximum absolute atomic E-state index is 4.36. The Labute approximate surface area is 179 Å². The van der Waals surface area contributed by atoms with Crippen LogP contribution in [-0.4, -0.2) is 4.40 Å². The predicted molar refractivity (Wildman–Crippen MR) is 132 cm³/mol. The monoisotopic (exact) mass is 396 g/mol. The number of benzene rings is 4. The Morgan fingerprint density at radius 1 is 0.677 bits per heavy atom. The Balaban J connectivity index is 1.72. The summed E-state index contributed by atoms with van der Waals surface area (Å²) in [5.74, 6) is 0. The fraction of sp³-hybridized carbons (Fsp3) is 0.0345. The number of hydrogen-bond donors (Lipinski definition) is 1. The van der Waals surface area contributed by atoms with Gasteiger partial charge in [0.25, 0.3) is 0 Å². The van der Waals surface area contributed by atoms with Crippen LogP contribution in [0.3, 0.4) is 0 Å². The Bertz CT molecular complexity index is 1750. The summed E-state index contributed by atoms with van der Waals surface area (Å²) in [5.41, 5.74) is 8.56. The summed E-state index contributed by atoms with van der Waals surface area (Å²) < 4.78 is 2.44. The largest absolute Gasteiger partial charge is 0.356 e. The molecule has 0 amide bonds. The molecule has 2 nitrogen and oxygen atoms in total. The van der Waals surface area contributed by atoms with Crippen molar-refractivity contribution in [3.8, 4) is 0 Å². The van der Waals surface area contributed by atoms with Gasteiger partial charge in [-0.1, -0.05) is 73.3 Å². The summed E-state index contributed by atoms with van der Waals surface area (Å²) in [4.78, 5) is 0. The van der Waals surface area contributed by atoms with Crippen LogP contribution >= 0.6 is 0 Å². The molecule has 0 saturated heterocycles. The Morgan fingerprint density at radius 2 is 1.35 bits per heavy atom. The molecule has 0 fully saturated rings. The molecule has 1 aliphatic rings. The molecule has 2 aromatic heterocycles. The second-order valence-electron chi connectivity index (χ2n) is 8.39. The lowest BCUT2D eigenvalue weighted by Crippen LogP contribution is -2.03. The van der Waals surface area contributed by atoms with E-state index in [0.717, 1.165) is 17.8 Å². The summed E-state index contributed by atoms with van der Waals surface area (Å²) in [6.45, 7) is 4.36. The first-order valence-corrected chi connectivity index (χ1v) is 10.7. The highest BCUT2D eigenvalue weighted by Gasteiger charge is 2.21. The third-order valence-electron chi connectivity index (χ3n) is 6.68. The molecule has 2 heteroatoms. The van der Waals surface area contributed by atoms with E-state index >= 15 is 0 Å². The first-order valence-electron chi connectivity index (χ1n) is 10.7. The number of rotatable bonds is 0. The highest BCUT2D eigenvalue weighted by Crippen LogP contribution is 2.36. The van der Waals surface area contributed by atoms with Crippen molar-refractivity contribution in [2.75, 3.05) is 5.32 Å². The topological polar surface area (TPSA) is 16.4 Å². The molecule has 0 saturated carbocycles. The molecular formula is C29H20N2. The van der Waals surface area contributed by atoms with E-state index in [9.17, 15) is 0 Å². The minimum Gasteiger partial charge on any atom is -0.356 e. The number of fused-ring (bicyclic) bond motifs is 9. The third kappa shape index (κ3) is 2.22. The summed E-state index contributed by atoms with van der Waals surface area (Å²) in [5, 5.41) is 10.0. The second-order valence-corrected chi connectivity index (χ2v) is 8.39. The van der Waals surface area contributed by atoms with Crippen molar-refractivity contribution in [3.05, 3.63) is 114 Å². The average molecular weight is 396 g/mol. The van der Waals surface area contributed by atoms with E-state index in [-0.39, 0.29) is 0 Å². The SMILES string of the molecule is C=C1/C=c2/c3ccccc3n3c2c(c2ccccc23)Cc2c(ccc3ccccc23)N1. The molecule has 0 aliphatic carbocycles. The zero-order valence-corrected chi connectivity index (χ0v) is 17.0. The molecule has 31 heavy (non-hydrogen) atoms. The number of nitrogens with one attached hydrogen (secondary N) is 1. The fourth-order valence-electron chi connectivity index (χ4n) is 5.39. The van der Waals surface area contributed by atoms with Crippen LogP contribution in [0.2, 0.25) is 0 Å². The van der Waals surface area contributed by atoms with Gasteiger partial charge in [-0.2, -0.15) is 0 Å². The van der Waals surface area contributed by atoms with E-state index in [0.29, 0.717) is 0 Å². The number of hydrogen-bond acceptors (Lipinski definition) is 1. The number of aromatic nitrogens is 1. The van der Waals surface area contributed by atoms with E-state index in [2.05, 4.69) is 107 Å². The molecule has 4 aromatic carbocycles. The Hall–Kier alpha value is -4.04. The molecule has 0 radical (unpaired) electrons. The summed E-state index contributed by atoms with van der Waals surface area (Å²) in [6, 6.07) is 30.6. The van der Waals surface area contributed by atoms with Crippen LogP contribution in [0.1, 0.15) is 11.1 Å². The smallest absolute Gasteiger partial charge is 0.0584 e. The van der Waals surface area contributed by atoms with E-state index in [1.54, 1.807) is 0 Å². The van der Waals surface area contributed by atoms with Gasteiger partial charge in [0.15, 0.2) is 0 Å². The molecular weight excluding hydrogens is 376 g/mol. The quantitative estimate of drug-likeness (QED) is 0.313. The first-order chi connectivity index (χ1) is 15.3. The number of nitrogens with zero attached hydrogens (tertiary/aromatic N) is 1. The Kier molecular flexibility index (Phi) is 3.23. The standard InChI is InChI=1S/C29H20N2/c1-18-16-24-21-10-4-6-12-27(21)31-28-13-7-5-11-22(28)25(29(24)31)17-23-20-9-3-2-8-19(20)14-15-26(23)30-18/h2-16,30H,1,17H2/b24-16-. The summed E-state index contributed by atoms with van der Waals surface area (Å²) in [7, 11) is 0. The van der Waals surface area contributed by atoms with Crippen molar-refractivity contribution in [2.24, 2.45) is 0 Å². The number of para-hydroxylation sites is 2. The second kappa shape index (κ2) is 5.99. The van der Waals surface area contributed by atoms with Gasteiger partial charge in [0.05, 0.1) is 16.6 Å². The van der Waals surface area contributed by atoms with Gasteiger partial charge in [-0.3, -0.25) is 0 Å². The number of anilines is 1. The molecule has 3 heterocycles. The lowest BCUT2D eigenvalue weighted by Gasteiger charge is -2.14. The lowest BCUT2D eigenvalue weighted by molar-refractivity contribution is 1.24. The first kappa shape index (κ1) is 16.7. The van der Waals surface area contributed by atoms with Gasteiger partial charge in [0.2, 0.25) is 0 Å². The van der Waals surface area contributed by atoms with Gasteiger partial charge >= 0.3 is 0 Å². The molecule has 1 N–H and O–H groups in total. The lowest BCUT2D eigenvalue weighted by atomic mass is 9.95. The highest BCUT2D eigenvalue weighted by molar-refractivity contribution is 6.04. The van der Waals surface area contributed by atoms with Crippen molar-refractivity contribution in [3.63, 3.8) is 0 Å².